The number of aliphatic hydroxyl groups excluding tert-OH is 2. The van der Waals surface area contributed by atoms with E-state index in [4.69, 9.17) is 0 Å². The number of nitrogens with zero attached hydrogens (tertiary/aromatic N) is 1. The second kappa shape index (κ2) is 7.25. The molecule has 4 atom stereocenters. The summed E-state index contributed by atoms with van der Waals surface area (Å²) in [4.78, 5) is 14.3. The monoisotopic (exact) mass is 354 g/mol. The summed E-state index contributed by atoms with van der Waals surface area (Å²) < 4.78 is 0. The highest BCUT2D eigenvalue weighted by Crippen LogP contribution is 2.36. The SMILES string of the molecule is O=C(NCCc1ccc2ccccc2c1)N1C[C@H]2C[C@H](O)[C@@H](O)C[C@H]2C1. The van der Waals surface area contributed by atoms with Crippen LogP contribution >= 0.6 is 0 Å². The highest BCUT2D eigenvalue weighted by molar-refractivity contribution is 5.83. The van der Waals surface area contributed by atoms with Gasteiger partial charge in [-0.2, -0.15) is 0 Å². The van der Waals surface area contributed by atoms with Gasteiger partial charge in [0, 0.05) is 19.6 Å². The molecule has 4 rings (SSSR count). The third kappa shape index (κ3) is 3.55. The molecule has 2 aromatic carbocycles. The summed E-state index contributed by atoms with van der Waals surface area (Å²) in [7, 11) is 0. The van der Waals surface area contributed by atoms with Crippen LogP contribution in [0, 0.1) is 11.8 Å². The summed E-state index contributed by atoms with van der Waals surface area (Å²) in [6.45, 7) is 1.96. The number of fused-ring (bicyclic) bond motifs is 2. The number of urea groups is 1. The fourth-order valence-electron chi connectivity index (χ4n) is 4.39. The van der Waals surface area contributed by atoms with Gasteiger partial charge in [0.05, 0.1) is 12.2 Å². The maximum atomic E-state index is 12.4. The Balaban J connectivity index is 1.29. The molecule has 2 fully saturated rings. The van der Waals surface area contributed by atoms with Crippen LogP contribution in [0.5, 0.6) is 0 Å². The lowest BCUT2D eigenvalue weighted by Crippen LogP contribution is -2.39. The minimum absolute atomic E-state index is 0.0378. The maximum Gasteiger partial charge on any atom is 0.317 e. The van der Waals surface area contributed by atoms with E-state index in [2.05, 4.69) is 35.6 Å². The number of carbonyl (C=O) groups is 1. The second-order valence-electron chi connectivity index (χ2n) is 7.69. The first-order valence-electron chi connectivity index (χ1n) is 9.47. The molecule has 0 radical (unpaired) electrons. The molecule has 138 valence electrons. The lowest BCUT2D eigenvalue weighted by atomic mass is 9.79. The fraction of sp³-hybridized carbons (Fsp3) is 0.476. The van der Waals surface area contributed by atoms with Crippen LogP contribution in [0.15, 0.2) is 42.5 Å². The third-order valence-corrected chi connectivity index (χ3v) is 5.90. The van der Waals surface area contributed by atoms with E-state index in [-0.39, 0.29) is 6.03 Å². The summed E-state index contributed by atoms with van der Waals surface area (Å²) >= 11 is 0. The minimum atomic E-state index is -0.646. The van der Waals surface area contributed by atoms with Crippen LogP contribution in [0.3, 0.4) is 0 Å². The summed E-state index contributed by atoms with van der Waals surface area (Å²) in [5.74, 6) is 0.610. The summed E-state index contributed by atoms with van der Waals surface area (Å²) in [5.41, 5.74) is 1.21. The van der Waals surface area contributed by atoms with Crippen molar-refractivity contribution >= 4 is 16.8 Å². The molecule has 1 aliphatic heterocycles. The Morgan fingerprint density at radius 2 is 1.65 bits per heavy atom. The van der Waals surface area contributed by atoms with Crippen molar-refractivity contribution in [2.45, 2.75) is 31.5 Å². The number of hydrogen-bond acceptors (Lipinski definition) is 3. The largest absolute Gasteiger partial charge is 0.390 e. The smallest absolute Gasteiger partial charge is 0.317 e. The van der Waals surface area contributed by atoms with E-state index in [1.54, 1.807) is 0 Å². The van der Waals surface area contributed by atoms with Crippen molar-refractivity contribution in [3.8, 4) is 0 Å². The van der Waals surface area contributed by atoms with E-state index in [9.17, 15) is 15.0 Å². The van der Waals surface area contributed by atoms with E-state index in [1.165, 1.54) is 16.3 Å². The molecule has 1 saturated heterocycles. The van der Waals surface area contributed by atoms with Gasteiger partial charge in [-0.1, -0.05) is 42.5 Å². The molecule has 5 nitrogen and oxygen atoms in total. The number of aliphatic hydroxyl groups is 2. The second-order valence-corrected chi connectivity index (χ2v) is 7.69. The van der Waals surface area contributed by atoms with Gasteiger partial charge in [0.15, 0.2) is 0 Å². The topological polar surface area (TPSA) is 72.8 Å². The number of likely N-dealkylation sites (tertiary alicyclic amines) is 1. The van der Waals surface area contributed by atoms with Gasteiger partial charge >= 0.3 is 6.03 Å². The van der Waals surface area contributed by atoms with Crippen molar-refractivity contribution in [1.82, 2.24) is 10.2 Å². The average Bonchev–Trinajstić information content (AvgIpc) is 3.05. The molecule has 0 spiro atoms. The number of hydrogen-bond donors (Lipinski definition) is 3. The van der Waals surface area contributed by atoms with Crippen molar-refractivity contribution in [2.24, 2.45) is 11.8 Å². The van der Waals surface area contributed by atoms with Gasteiger partial charge in [0.25, 0.3) is 0 Å². The molecule has 1 aliphatic carbocycles. The highest BCUT2D eigenvalue weighted by Gasteiger charge is 2.42. The third-order valence-electron chi connectivity index (χ3n) is 5.90. The normalized spacial score (nSPS) is 28.2. The van der Waals surface area contributed by atoms with Crippen LogP contribution < -0.4 is 5.32 Å². The lowest BCUT2D eigenvalue weighted by Gasteiger charge is -2.31. The number of benzene rings is 2. The van der Waals surface area contributed by atoms with Gasteiger partial charge in [0.1, 0.15) is 0 Å². The fourth-order valence-corrected chi connectivity index (χ4v) is 4.39. The van der Waals surface area contributed by atoms with Gasteiger partial charge < -0.3 is 20.4 Å². The van der Waals surface area contributed by atoms with Crippen LogP contribution in [0.25, 0.3) is 10.8 Å². The highest BCUT2D eigenvalue weighted by atomic mass is 16.3. The molecule has 2 amide bonds. The first-order valence-corrected chi connectivity index (χ1v) is 9.47. The summed E-state index contributed by atoms with van der Waals surface area (Å²) in [6, 6.07) is 14.6. The van der Waals surface area contributed by atoms with Gasteiger partial charge in [-0.25, -0.2) is 4.79 Å². The Morgan fingerprint density at radius 1 is 1.00 bits per heavy atom. The van der Waals surface area contributed by atoms with Crippen LogP contribution in [-0.4, -0.2) is 53.0 Å². The van der Waals surface area contributed by atoms with E-state index in [0.29, 0.717) is 44.3 Å². The zero-order chi connectivity index (χ0) is 18.1. The molecule has 2 aromatic rings. The van der Waals surface area contributed by atoms with E-state index in [0.717, 1.165) is 6.42 Å². The molecule has 3 N–H and O–H groups in total. The minimum Gasteiger partial charge on any atom is -0.390 e. The Morgan fingerprint density at radius 3 is 2.35 bits per heavy atom. The number of carbonyl (C=O) groups excluding carboxylic acids is 1. The molecule has 0 unspecified atom stereocenters. The van der Waals surface area contributed by atoms with Gasteiger partial charge in [-0.3, -0.25) is 0 Å². The number of amides is 2. The predicted octanol–water partition coefficient (Wildman–Crippen LogP) is 2.16. The molecular weight excluding hydrogens is 328 g/mol. The Kier molecular flexibility index (Phi) is 4.83. The zero-order valence-corrected chi connectivity index (χ0v) is 14.8. The summed E-state index contributed by atoms with van der Waals surface area (Å²) in [5, 5.41) is 25.1. The van der Waals surface area contributed by atoms with Crippen molar-refractivity contribution < 1.29 is 15.0 Å². The van der Waals surface area contributed by atoms with E-state index >= 15 is 0 Å². The molecule has 0 bridgehead atoms. The Bertz CT molecular complexity index is 776. The molecule has 1 heterocycles. The van der Waals surface area contributed by atoms with Crippen LogP contribution in [0.2, 0.25) is 0 Å². The maximum absolute atomic E-state index is 12.4. The van der Waals surface area contributed by atoms with Gasteiger partial charge in [-0.15, -0.1) is 0 Å². The average molecular weight is 354 g/mol. The van der Waals surface area contributed by atoms with Crippen molar-refractivity contribution in [1.29, 1.82) is 0 Å². The quantitative estimate of drug-likeness (QED) is 0.791. The van der Waals surface area contributed by atoms with E-state index < -0.39 is 12.2 Å². The van der Waals surface area contributed by atoms with Gasteiger partial charge in [-0.05, 0) is 47.4 Å². The lowest BCUT2D eigenvalue weighted by molar-refractivity contribution is -0.0372. The first kappa shape index (κ1) is 17.3. The number of nitrogens with one attached hydrogen (secondary N) is 1. The molecule has 5 heteroatoms. The Labute approximate surface area is 153 Å². The van der Waals surface area contributed by atoms with Crippen LogP contribution in [0.1, 0.15) is 18.4 Å². The van der Waals surface area contributed by atoms with Crippen LogP contribution in [0.4, 0.5) is 4.79 Å². The number of rotatable bonds is 3. The van der Waals surface area contributed by atoms with Gasteiger partial charge in [0.2, 0.25) is 0 Å². The molecule has 0 aromatic heterocycles. The van der Waals surface area contributed by atoms with E-state index in [1.807, 2.05) is 17.0 Å². The molecule has 1 saturated carbocycles. The van der Waals surface area contributed by atoms with Crippen molar-refractivity contribution in [3.63, 3.8) is 0 Å². The standard InChI is InChI=1S/C21H26N2O3/c24-19-10-17-12-23(13-18(17)11-20(19)25)21(26)22-8-7-14-5-6-15-3-1-2-4-16(15)9-14/h1-6,9,17-20,24-25H,7-8,10-13H2,(H,22,26)/t17-,18+,19-,20-/m0/s1. The first-order chi connectivity index (χ1) is 12.6. The van der Waals surface area contributed by atoms with Crippen molar-refractivity contribution in [2.75, 3.05) is 19.6 Å². The molecule has 2 aliphatic rings. The molecular formula is C21H26N2O3. The summed E-state index contributed by atoms with van der Waals surface area (Å²) in [6.07, 6.45) is 0.688. The zero-order valence-electron chi connectivity index (χ0n) is 14.8. The Hall–Kier alpha value is -2.11. The predicted molar refractivity (Wildman–Crippen MR) is 101 cm³/mol. The van der Waals surface area contributed by atoms with Crippen molar-refractivity contribution in [3.05, 3.63) is 48.0 Å². The molecule has 26 heavy (non-hydrogen) atoms. The van der Waals surface area contributed by atoms with Crippen LogP contribution in [-0.2, 0) is 6.42 Å².